The van der Waals surface area contributed by atoms with Crippen LogP contribution in [0, 0.1) is 5.41 Å². The molecule has 1 amide bonds. The van der Waals surface area contributed by atoms with E-state index in [2.05, 4.69) is 0 Å². The minimum atomic E-state index is -0.454. The second-order valence-corrected chi connectivity index (χ2v) is 9.59. The molecule has 0 N–H and O–H groups in total. The summed E-state index contributed by atoms with van der Waals surface area (Å²) in [5, 5.41) is 0.468. The molecule has 0 unspecified atom stereocenters. The van der Waals surface area contributed by atoms with Gasteiger partial charge in [0.25, 0.3) is 0 Å². The topological polar surface area (TPSA) is 65.1 Å². The zero-order chi connectivity index (χ0) is 23.9. The average Bonchev–Trinajstić information content (AvgIpc) is 2.77. The van der Waals surface area contributed by atoms with Gasteiger partial charge in [0.15, 0.2) is 17.3 Å². The summed E-state index contributed by atoms with van der Waals surface area (Å²) in [5.41, 5.74) is 2.39. The first-order valence-corrected chi connectivity index (χ1v) is 11.2. The molecule has 0 fully saturated rings. The molecule has 6 nitrogen and oxygen atoms in total. The molecule has 0 saturated heterocycles. The SMILES string of the molecule is COc1cc(OC)c([C@H]2CC(=O)N(c3ccccc3Cl)C3=C2C(=O)CC(C)(C)C3)cc1OC. The smallest absolute Gasteiger partial charge is 0.232 e. The first kappa shape index (κ1) is 23.2. The Hall–Kier alpha value is -2.99. The Morgan fingerprint density at radius 3 is 2.21 bits per heavy atom. The van der Waals surface area contributed by atoms with Crippen LogP contribution in [0.4, 0.5) is 5.69 Å². The van der Waals surface area contributed by atoms with Crippen molar-refractivity contribution >= 4 is 29.0 Å². The van der Waals surface area contributed by atoms with E-state index in [1.165, 1.54) is 0 Å². The number of Topliss-reactive ketones (excluding diaryl/α,β-unsaturated/α-hetero) is 1. The fourth-order valence-electron chi connectivity index (χ4n) is 4.92. The largest absolute Gasteiger partial charge is 0.496 e. The van der Waals surface area contributed by atoms with Crippen LogP contribution in [0.15, 0.2) is 47.7 Å². The van der Waals surface area contributed by atoms with Crippen molar-refractivity contribution in [1.29, 1.82) is 0 Å². The van der Waals surface area contributed by atoms with Gasteiger partial charge in [0.2, 0.25) is 5.91 Å². The molecule has 7 heteroatoms. The maximum Gasteiger partial charge on any atom is 0.232 e. The van der Waals surface area contributed by atoms with Crippen molar-refractivity contribution in [2.24, 2.45) is 5.41 Å². The minimum absolute atomic E-state index is 0.0349. The minimum Gasteiger partial charge on any atom is -0.496 e. The first-order valence-electron chi connectivity index (χ1n) is 10.8. The van der Waals surface area contributed by atoms with E-state index in [0.29, 0.717) is 52.1 Å². The number of ether oxygens (including phenoxy) is 3. The number of benzene rings is 2. The maximum absolute atomic E-state index is 13.6. The van der Waals surface area contributed by atoms with Crippen molar-refractivity contribution < 1.29 is 23.8 Å². The van der Waals surface area contributed by atoms with Crippen LogP contribution in [0.2, 0.25) is 5.02 Å². The molecule has 33 heavy (non-hydrogen) atoms. The van der Waals surface area contributed by atoms with Gasteiger partial charge in [-0.2, -0.15) is 0 Å². The number of ketones is 1. The van der Waals surface area contributed by atoms with Gasteiger partial charge in [0.1, 0.15) is 5.75 Å². The average molecular weight is 470 g/mol. The summed E-state index contributed by atoms with van der Waals surface area (Å²) in [6.07, 6.45) is 1.10. The molecule has 0 radical (unpaired) electrons. The van der Waals surface area contributed by atoms with E-state index in [1.54, 1.807) is 44.4 Å². The third-order valence-electron chi connectivity index (χ3n) is 6.35. The molecule has 2 aliphatic rings. The highest BCUT2D eigenvalue weighted by atomic mass is 35.5. The summed E-state index contributed by atoms with van der Waals surface area (Å²) in [6.45, 7) is 4.09. The third kappa shape index (κ3) is 4.08. The summed E-state index contributed by atoms with van der Waals surface area (Å²) in [5.74, 6) is 1.04. The molecule has 0 bridgehead atoms. The third-order valence-corrected chi connectivity index (χ3v) is 6.67. The predicted octanol–water partition coefficient (Wildman–Crippen LogP) is 5.53. The van der Waals surface area contributed by atoms with Crippen LogP contribution in [0.25, 0.3) is 0 Å². The molecular formula is C26H28ClNO5. The van der Waals surface area contributed by atoms with Crippen molar-refractivity contribution in [2.75, 3.05) is 26.2 Å². The molecule has 1 atom stereocenters. The maximum atomic E-state index is 13.6. The van der Waals surface area contributed by atoms with Crippen LogP contribution in [-0.2, 0) is 9.59 Å². The summed E-state index contributed by atoms with van der Waals surface area (Å²) in [4.78, 5) is 28.8. The summed E-state index contributed by atoms with van der Waals surface area (Å²) >= 11 is 6.48. The fraction of sp³-hybridized carbons (Fsp3) is 0.385. The highest BCUT2D eigenvalue weighted by molar-refractivity contribution is 6.34. The number of halogens is 1. The lowest BCUT2D eigenvalue weighted by Gasteiger charge is -2.43. The Morgan fingerprint density at radius 2 is 1.58 bits per heavy atom. The van der Waals surface area contributed by atoms with Crippen molar-refractivity contribution in [2.45, 2.75) is 39.0 Å². The number of hydrogen-bond donors (Lipinski definition) is 0. The number of para-hydroxylation sites is 1. The van der Waals surface area contributed by atoms with E-state index in [9.17, 15) is 9.59 Å². The van der Waals surface area contributed by atoms with Gasteiger partial charge in [-0.1, -0.05) is 37.6 Å². The molecule has 174 valence electrons. The zero-order valence-electron chi connectivity index (χ0n) is 19.5. The normalized spacial score (nSPS) is 19.9. The fourth-order valence-corrected chi connectivity index (χ4v) is 5.14. The quantitative estimate of drug-likeness (QED) is 0.576. The molecular weight excluding hydrogens is 442 g/mol. The van der Waals surface area contributed by atoms with Crippen LogP contribution in [0.3, 0.4) is 0 Å². The second kappa shape index (κ2) is 8.75. The van der Waals surface area contributed by atoms with Crippen LogP contribution in [0.1, 0.15) is 44.6 Å². The van der Waals surface area contributed by atoms with Gasteiger partial charge in [-0.25, -0.2) is 0 Å². The van der Waals surface area contributed by atoms with Crippen molar-refractivity contribution in [3.63, 3.8) is 0 Å². The molecule has 0 saturated carbocycles. The standard InChI is InChI=1S/C26H28ClNO5/c1-26(2)13-19-25(20(29)14-26)16(11-24(30)28(19)18-9-7-6-8-17(18)27)15-10-22(32-4)23(33-5)12-21(15)31-3/h6-10,12,16H,11,13-14H2,1-5H3/t16-/m1/s1. The monoisotopic (exact) mass is 469 g/mol. The number of hydrogen-bond acceptors (Lipinski definition) is 5. The van der Waals surface area contributed by atoms with E-state index in [-0.39, 0.29) is 23.5 Å². The van der Waals surface area contributed by atoms with E-state index < -0.39 is 5.92 Å². The summed E-state index contributed by atoms with van der Waals surface area (Å²) in [7, 11) is 4.67. The van der Waals surface area contributed by atoms with Gasteiger partial charge in [0, 0.05) is 41.7 Å². The molecule has 4 rings (SSSR count). The van der Waals surface area contributed by atoms with Crippen LogP contribution >= 0.6 is 11.6 Å². The molecule has 0 spiro atoms. The van der Waals surface area contributed by atoms with Crippen molar-refractivity contribution in [1.82, 2.24) is 0 Å². The van der Waals surface area contributed by atoms with Gasteiger partial charge in [-0.15, -0.1) is 0 Å². The Morgan fingerprint density at radius 1 is 0.939 bits per heavy atom. The van der Waals surface area contributed by atoms with E-state index in [1.807, 2.05) is 32.0 Å². The highest BCUT2D eigenvalue weighted by Gasteiger charge is 2.45. The molecule has 1 heterocycles. The molecule has 1 aliphatic carbocycles. The van der Waals surface area contributed by atoms with Gasteiger partial charge < -0.3 is 14.2 Å². The predicted molar refractivity (Wildman–Crippen MR) is 127 cm³/mol. The van der Waals surface area contributed by atoms with Crippen LogP contribution in [0.5, 0.6) is 17.2 Å². The molecule has 2 aromatic rings. The van der Waals surface area contributed by atoms with Crippen molar-refractivity contribution in [3.8, 4) is 17.2 Å². The number of carbonyl (C=O) groups is 2. The van der Waals surface area contributed by atoms with Crippen LogP contribution in [-0.4, -0.2) is 33.0 Å². The van der Waals surface area contributed by atoms with Gasteiger partial charge in [-0.3, -0.25) is 14.5 Å². The number of anilines is 1. The number of rotatable bonds is 5. The van der Waals surface area contributed by atoms with Crippen molar-refractivity contribution in [3.05, 3.63) is 58.3 Å². The highest BCUT2D eigenvalue weighted by Crippen LogP contribution is 2.51. The summed E-state index contributed by atoms with van der Waals surface area (Å²) in [6, 6.07) is 10.8. The van der Waals surface area contributed by atoms with E-state index in [0.717, 1.165) is 5.56 Å². The van der Waals surface area contributed by atoms with Gasteiger partial charge >= 0.3 is 0 Å². The Kier molecular flexibility index (Phi) is 6.14. The number of methoxy groups -OCH3 is 3. The number of nitrogens with zero attached hydrogens (tertiary/aromatic N) is 1. The van der Waals surface area contributed by atoms with Crippen LogP contribution < -0.4 is 19.1 Å². The van der Waals surface area contributed by atoms with Gasteiger partial charge in [0.05, 0.1) is 32.0 Å². The molecule has 1 aliphatic heterocycles. The zero-order valence-corrected chi connectivity index (χ0v) is 20.3. The number of carbonyl (C=O) groups excluding carboxylic acids is 2. The lowest BCUT2D eigenvalue weighted by molar-refractivity contribution is -0.121. The van der Waals surface area contributed by atoms with E-state index >= 15 is 0 Å². The molecule has 2 aromatic carbocycles. The number of amides is 1. The lowest BCUT2D eigenvalue weighted by atomic mass is 9.69. The summed E-state index contributed by atoms with van der Waals surface area (Å²) < 4.78 is 16.6. The second-order valence-electron chi connectivity index (χ2n) is 9.19. The molecule has 0 aromatic heterocycles. The Balaban J connectivity index is 1.96. The Labute approximate surface area is 199 Å². The Bertz CT molecular complexity index is 1150. The van der Waals surface area contributed by atoms with Gasteiger partial charge in [-0.05, 0) is 30.0 Å². The number of allylic oxidation sites excluding steroid dienone is 2. The van der Waals surface area contributed by atoms with E-state index in [4.69, 9.17) is 25.8 Å². The first-order chi connectivity index (χ1) is 15.7. The lowest BCUT2D eigenvalue weighted by Crippen LogP contribution is -2.43.